The van der Waals surface area contributed by atoms with Gasteiger partial charge in [-0.1, -0.05) is 18.5 Å². The fourth-order valence-corrected chi connectivity index (χ4v) is 1.85. The maximum atomic E-state index is 6.09. The summed E-state index contributed by atoms with van der Waals surface area (Å²) in [7, 11) is 3.17. The van der Waals surface area contributed by atoms with Crippen molar-refractivity contribution < 1.29 is 9.47 Å². The average Bonchev–Trinajstić information content (AvgIpc) is 2.28. The van der Waals surface area contributed by atoms with Gasteiger partial charge in [0.2, 0.25) is 0 Å². The Balaban J connectivity index is 0.00000256. The lowest BCUT2D eigenvalue weighted by Gasteiger charge is -2.13. The predicted octanol–water partition coefficient (Wildman–Crippen LogP) is 3.06. The van der Waals surface area contributed by atoms with Crippen molar-refractivity contribution in [1.29, 1.82) is 0 Å². The summed E-state index contributed by atoms with van der Waals surface area (Å²) in [5.41, 5.74) is 6.97. The summed E-state index contributed by atoms with van der Waals surface area (Å²) in [5, 5.41) is 0.556. The quantitative estimate of drug-likeness (QED) is 0.901. The third-order valence-corrected chi connectivity index (χ3v) is 2.80. The van der Waals surface area contributed by atoms with Crippen LogP contribution >= 0.6 is 24.0 Å². The molecule has 1 aromatic carbocycles. The van der Waals surface area contributed by atoms with Gasteiger partial charge < -0.3 is 15.2 Å². The molecule has 5 heteroatoms. The Hall–Kier alpha value is -0.640. The van der Waals surface area contributed by atoms with Crippen molar-refractivity contribution >= 4 is 24.0 Å². The Kier molecular flexibility index (Phi) is 7.35. The van der Waals surface area contributed by atoms with Gasteiger partial charge in [-0.3, -0.25) is 0 Å². The van der Waals surface area contributed by atoms with Crippen LogP contribution in [0.3, 0.4) is 0 Å². The van der Waals surface area contributed by atoms with Crippen molar-refractivity contribution in [1.82, 2.24) is 0 Å². The molecule has 0 saturated heterocycles. The molecule has 0 saturated carbocycles. The van der Waals surface area contributed by atoms with E-state index in [1.165, 1.54) is 0 Å². The van der Waals surface area contributed by atoms with E-state index in [0.717, 1.165) is 18.4 Å². The van der Waals surface area contributed by atoms with Crippen LogP contribution in [0.5, 0.6) is 11.5 Å². The van der Waals surface area contributed by atoms with E-state index in [4.69, 9.17) is 26.8 Å². The lowest BCUT2D eigenvalue weighted by atomic mass is 10.0. The van der Waals surface area contributed by atoms with E-state index in [0.29, 0.717) is 16.5 Å². The molecule has 1 rings (SSSR count). The molecule has 3 nitrogen and oxygen atoms in total. The van der Waals surface area contributed by atoms with Gasteiger partial charge in [-0.05, 0) is 30.5 Å². The number of ether oxygens (including phenoxy) is 2. The van der Waals surface area contributed by atoms with E-state index in [-0.39, 0.29) is 18.4 Å². The van der Waals surface area contributed by atoms with Crippen molar-refractivity contribution in [2.24, 2.45) is 5.73 Å². The van der Waals surface area contributed by atoms with Crippen molar-refractivity contribution in [3.8, 4) is 11.5 Å². The van der Waals surface area contributed by atoms with Crippen LogP contribution in [-0.4, -0.2) is 20.3 Å². The number of rotatable bonds is 5. The maximum Gasteiger partial charge on any atom is 0.179 e. The van der Waals surface area contributed by atoms with E-state index in [1.54, 1.807) is 14.2 Å². The van der Waals surface area contributed by atoms with Crippen LogP contribution < -0.4 is 15.2 Å². The highest BCUT2D eigenvalue weighted by atomic mass is 35.5. The zero-order chi connectivity index (χ0) is 12.1. The van der Waals surface area contributed by atoms with Crippen LogP contribution in [-0.2, 0) is 6.42 Å². The standard InChI is InChI=1S/C12H18ClNO2.ClH/c1-4-9(14)5-8-6-10(13)12(16-3)11(7-8)15-2;/h6-7,9H,4-5,14H2,1-3H3;1H. The summed E-state index contributed by atoms with van der Waals surface area (Å²) in [6, 6.07) is 3.94. The maximum absolute atomic E-state index is 6.09. The first-order valence-electron chi connectivity index (χ1n) is 5.28. The first-order chi connectivity index (χ1) is 7.62. The molecule has 0 heterocycles. The largest absolute Gasteiger partial charge is 0.493 e. The molecule has 1 aromatic rings. The van der Waals surface area contributed by atoms with Gasteiger partial charge in [-0.2, -0.15) is 0 Å². The Morgan fingerprint density at radius 1 is 1.29 bits per heavy atom. The molecule has 0 radical (unpaired) electrons. The van der Waals surface area contributed by atoms with Gasteiger partial charge in [0.15, 0.2) is 11.5 Å². The van der Waals surface area contributed by atoms with Crippen LogP contribution in [0, 0.1) is 0 Å². The summed E-state index contributed by atoms with van der Waals surface area (Å²) in [5.74, 6) is 1.21. The second kappa shape index (κ2) is 7.64. The molecule has 0 aromatic heterocycles. The third-order valence-electron chi connectivity index (χ3n) is 2.52. The second-order valence-electron chi connectivity index (χ2n) is 3.69. The fourth-order valence-electron chi connectivity index (χ4n) is 1.54. The van der Waals surface area contributed by atoms with Crippen LogP contribution in [0.2, 0.25) is 5.02 Å². The molecular weight excluding hydrogens is 261 g/mol. The van der Waals surface area contributed by atoms with Gasteiger partial charge in [0.25, 0.3) is 0 Å². The van der Waals surface area contributed by atoms with E-state index < -0.39 is 0 Å². The first kappa shape index (κ1) is 16.4. The number of methoxy groups -OCH3 is 2. The van der Waals surface area contributed by atoms with E-state index in [1.807, 2.05) is 12.1 Å². The molecule has 0 fully saturated rings. The zero-order valence-corrected chi connectivity index (χ0v) is 11.9. The lowest BCUT2D eigenvalue weighted by molar-refractivity contribution is 0.354. The number of benzene rings is 1. The highest BCUT2D eigenvalue weighted by Gasteiger charge is 2.12. The predicted molar refractivity (Wildman–Crippen MR) is 73.8 cm³/mol. The number of nitrogens with two attached hydrogens (primary N) is 1. The summed E-state index contributed by atoms with van der Waals surface area (Å²) < 4.78 is 10.4. The Morgan fingerprint density at radius 2 is 1.94 bits per heavy atom. The Morgan fingerprint density at radius 3 is 2.41 bits per heavy atom. The van der Waals surface area contributed by atoms with Crippen molar-refractivity contribution in [2.75, 3.05) is 14.2 Å². The molecule has 0 amide bonds. The fraction of sp³-hybridized carbons (Fsp3) is 0.500. The molecule has 0 aliphatic rings. The minimum Gasteiger partial charge on any atom is -0.493 e. The molecule has 0 bridgehead atoms. The van der Waals surface area contributed by atoms with Crippen molar-refractivity contribution in [3.05, 3.63) is 22.7 Å². The van der Waals surface area contributed by atoms with Gasteiger partial charge >= 0.3 is 0 Å². The number of hydrogen-bond donors (Lipinski definition) is 1. The van der Waals surface area contributed by atoms with E-state index >= 15 is 0 Å². The lowest BCUT2D eigenvalue weighted by Crippen LogP contribution is -2.21. The normalized spacial score (nSPS) is 11.6. The van der Waals surface area contributed by atoms with Gasteiger partial charge in [-0.25, -0.2) is 0 Å². The highest BCUT2D eigenvalue weighted by Crippen LogP contribution is 2.36. The van der Waals surface area contributed by atoms with Gasteiger partial charge in [-0.15, -0.1) is 12.4 Å². The monoisotopic (exact) mass is 279 g/mol. The molecule has 0 spiro atoms. The second-order valence-corrected chi connectivity index (χ2v) is 4.09. The molecule has 0 aliphatic heterocycles. The minimum atomic E-state index is 0. The van der Waals surface area contributed by atoms with Crippen LogP contribution in [0.25, 0.3) is 0 Å². The van der Waals surface area contributed by atoms with Crippen LogP contribution in [0.15, 0.2) is 12.1 Å². The topological polar surface area (TPSA) is 44.5 Å². The Bertz CT molecular complexity index is 359. The summed E-state index contributed by atoms with van der Waals surface area (Å²) in [6.45, 7) is 2.06. The number of halogens is 2. The summed E-state index contributed by atoms with van der Waals surface area (Å²) >= 11 is 6.09. The molecule has 98 valence electrons. The first-order valence-corrected chi connectivity index (χ1v) is 5.66. The van der Waals surface area contributed by atoms with Gasteiger partial charge in [0.05, 0.1) is 19.2 Å². The number of hydrogen-bond acceptors (Lipinski definition) is 3. The van der Waals surface area contributed by atoms with Gasteiger partial charge in [0, 0.05) is 6.04 Å². The van der Waals surface area contributed by atoms with Crippen LogP contribution in [0.1, 0.15) is 18.9 Å². The smallest absolute Gasteiger partial charge is 0.179 e. The molecule has 0 aliphatic carbocycles. The average molecular weight is 280 g/mol. The van der Waals surface area contributed by atoms with Crippen molar-refractivity contribution in [3.63, 3.8) is 0 Å². The Labute approximate surface area is 114 Å². The molecule has 2 N–H and O–H groups in total. The highest BCUT2D eigenvalue weighted by molar-refractivity contribution is 6.32. The molecule has 1 unspecified atom stereocenters. The summed E-state index contributed by atoms with van der Waals surface area (Å²) in [6.07, 6.45) is 1.72. The minimum absolute atomic E-state index is 0. The SMILES string of the molecule is CCC(N)Cc1cc(Cl)c(OC)c(OC)c1.Cl. The molecule has 17 heavy (non-hydrogen) atoms. The summed E-state index contributed by atoms with van der Waals surface area (Å²) in [4.78, 5) is 0. The van der Waals surface area contributed by atoms with E-state index in [9.17, 15) is 0 Å². The zero-order valence-electron chi connectivity index (χ0n) is 10.3. The molecule has 1 atom stereocenters. The van der Waals surface area contributed by atoms with E-state index in [2.05, 4.69) is 6.92 Å². The third kappa shape index (κ3) is 4.26. The molecular formula is C12H19Cl2NO2. The van der Waals surface area contributed by atoms with Crippen LogP contribution in [0.4, 0.5) is 0 Å². The van der Waals surface area contributed by atoms with Crippen molar-refractivity contribution in [2.45, 2.75) is 25.8 Å². The van der Waals surface area contributed by atoms with Gasteiger partial charge in [0.1, 0.15) is 0 Å².